The van der Waals surface area contributed by atoms with Crippen molar-refractivity contribution in [3.8, 4) is 0 Å². The minimum Gasteiger partial charge on any atom is -0.310 e. The summed E-state index contributed by atoms with van der Waals surface area (Å²) in [7, 11) is 0. The maximum Gasteiger partial charge on any atom is 0.123 e. The summed E-state index contributed by atoms with van der Waals surface area (Å²) in [6.07, 6.45) is 3.64. The fraction of sp³-hybridized carbons (Fsp3) is 0.667. The fourth-order valence-corrected chi connectivity index (χ4v) is 3.44. The molecule has 1 saturated heterocycles. The van der Waals surface area contributed by atoms with Crippen LogP contribution >= 0.6 is 0 Å². The lowest BCUT2D eigenvalue weighted by molar-refractivity contribution is 0.124. The quantitative estimate of drug-likeness (QED) is 0.853. The molecule has 3 atom stereocenters. The number of rotatable bonds is 6. The molecule has 1 aromatic carbocycles. The molecule has 118 valence electrons. The molecule has 1 aliphatic rings. The highest BCUT2D eigenvalue weighted by Crippen LogP contribution is 2.24. The Labute approximate surface area is 128 Å². The van der Waals surface area contributed by atoms with Crippen LogP contribution in [0.3, 0.4) is 0 Å². The second kappa shape index (κ2) is 7.90. The van der Waals surface area contributed by atoms with E-state index in [1.165, 1.54) is 25.5 Å². The van der Waals surface area contributed by atoms with Crippen molar-refractivity contribution in [1.29, 1.82) is 0 Å². The maximum absolute atomic E-state index is 13.4. The molecule has 0 amide bonds. The van der Waals surface area contributed by atoms with Crippen molar-refractivity contribution in [3.63, 3.8) is 0 Å². The lowest BCUT2D eigenvalue weighted by Gasteiger charge is -2.37. The summed E-state index contributed by atoms with van der Waals surface area (Å²) in [5, 5.41) is 3.50. The van der Waals surface area contributed by atoms with Crippen LogP contribution in [0.2, 0.25) is 0 Å². The first kappa shape index (κ1) is 16.4. The number of likely N-dealkylation sites (tertiary alicyclic amines) is 1. The largest absolute Gasteiger partial charge is 0.310 e. The lowest BCUT2D eigenvalue weighted by atomic mass is 9.93. The highest BCUT2D eigenvalue weighted by molar-refractivity contribution is 5.20. The Bertz CT molecular complexity index is 435. The van der Waals surface area contributed by atoms with Crippen molar-refractivity contribution < 1.29 is 4.39 Å². The molecule has 0 saturated carbocycles. The Kier molecular flexibility index (Phi) is 6.19. The summed E-state index contributed by atoms with van der Waals surface area (Å²) in [4.78, 5) is 2.59. The van der Waals surface area contributed by atoms with Gasteiger partial charge >= 0.3 is 0 Å². The van der Waals surface area contributed by atoms with Crippen LogP contribution in [0.15, 0.2) is 24.3 Å². The second-order valence-corrected chi connectivity index (χ2v) is 6.47. The third-order valence-electron chi connectivity index (χ3n) is 4.68. The van der Waals surface area contributed by atoms with E-state index >= 15 is 0 Å². The van der Waals surface area contributed by atoms with E-state index in [1.54, 1.807) is 12.1 Å². The molecule has 0 bridgehead atoms. The van der Waals surface area contributed by atoms with Gasteiger partial charge in [0.1, 0.15) is 5.82 Å². The minimum absolute atomic E-state index is 0.143. The van der Waals surface area contributed by atoms with Crippen LogP contribution < -0.4 is 5.32 Å². The number of benzene rings is 1. The molecule has 0 spiro atoms. The third-order valence-corrected chi connectivity index (χ3v) is 4.68. The van der Waals surface area contributed by atoms with E-state index in [2.05, 4.69) is 31.0 Å². The minimum atomic E-state index is -0.143. The normalized spacial score (nSPS) is 25.0. The molecule has 21 heavy (non-hydrogen) atoms. The van der Waals surface area contributed by atoms with Crippen molar-refractivity contribution >= 4 is 0 Å². The van der Waals surface area contributed by atoms with E-state index in [9.17, 15) is 4.39 Å². The molecule has 1 aromatic rings. The summed E-state index contributed by atoms with van der Waals surface area (Å²) in [5.74, 6) is 0.708. The Morgan fingerprint density at radius 1 is 1.38 bits per heavy atom. The standard InChI is InChI=1S/C18H29FN2/c1-4-20-18(16-6-5-7-17(19)13-16)9-11-21-10-8-14(2)12-15(21)3/h5-7,13-15,18,20H,4,8-12H2,1-3H3. The SMILES string of the molecule is CCNC(CCN1CCC(C)CC1C)c1cccc(F)c1. The van der Waals surface area contributed by atoms with Crippen molar-refractivity contribution in [2.45, 2.75) is 52.1 Å². The van der Waals surface area contributed by atoms with Crippen LogP contribution in [0.25, 0.3) is 0 Å². The summed E-state index contributed by atoms with van der Waals surface area (Å²) in [5.41, 5.74) is 1.06. The number of piperidine rings is 1. The van der Waals surface area contributed by atoms with E-state index in [0.717, 1.165) is 31.0 Å². The molecule has 1 fully saturated rings. The Morgan fingerprint density at radius 3 is 2.86 bits per heavy atom. The maximum atomic E-state index is 13.4. The van der Waals surface area contributed by atoms with Crippen molar-refractivity contribution in [2.24, 2.45) is 5.92 Å². The zero-order chi connectivity index (χ0) is 15.2. The van der Waals surface area contributed by atoms with E-state index in [0.29, 0.717) is 6.04 Å². The van der Waals surface area contributed by atoms with Crippen LogP contribution in [0, 0.1) is 11.7 Å². The molecule has 2 nitrogen and oxygen atoms in total. The topological polar surface area (TPSA) is 15.3 Å². The molecule has 2 rings (SSSR count). The summed E-state index contributed by atoms with van der Waals surface area (Å²) >= 11 is 0. The lowest BCUT2D eigenvalue weighted by Crippen LogP contribution is -2.41. The van der Waals surface area contributed by atoms with Gasteiger partial charge in [-0.2, -0.15) is 0 Å². The molecule has 0 radical (unpaired) electrons. The zero-order valence-corrected chi connectivity index (χ0v) is 13.6. The second-order valence-electron chi connectivity index (χ2n) is 6.47. The van der Waals surface area contributed by atoms with Crippen LogP contribution in [-0.4, -0.2) is 30.6 Å². The molecule has 0 aliphatic carbocycles. The van der Waals surface area contributed by atoms with Gasteiger partial charge in [-0.25, -0.2) is 4.39 Å². The number of nitrogens with zero attached hydrogens (tertiary/aromatic N) is 1. The summed E-state index contributed by atoms with van der Waals surface area (Å²) < 4.78 is 13.4. The zero-order valence-electron chi connectivity index (χ0n) is 13.6. The van der Waals surface area contributed by atoms with Gasteiger partial charge in [0.25, 0.3) is 0 Å². The third kappa shape index (κ3) is 4.79. The van der Waals surface area contributed by atoms with Crippen molar-refractivity contribution in [2.75, 3.05) is 19.6 Å². The van der Waals surface area contributed by atoms with Gasteiger partial charge in [0.2, 0.25) is 0 Å². The molecule has 3 unspecified atom stereocenters. The molecule has 1 N–H and O–H groups in total. The molecule has 3 heteroatoms. The molecule has 1 heterocycles. The van der Waals surface area contributed by atoms with Gasteiger partial charge in [-0.1, -0.05) is 26.0 Å². The molecular weight excluding hydrogens is 263 g/mol. The number of hydrogen-bond donors (Lipinski definition) is 1. The summed E-state index contributed by atoms with van der Waals surface area (Å²) in [6.45, 7) is 9.99. The highest BCUT2D eigenvalue weighted by Gasteiger charge is 2.23. The number of halogens is 1. The summed E-state index contributed by atoms with van der Waals surface area (Å²) in [6, 6.07) is 7.93. The van der Waals surface area contributed by atoms with Gasteiger partial charge in [0.15, 0.2) is 0 Å². The molecular formula is C18H29FN2. The highest BCUT2D eigenvalue weighted by atomic mass is 19.1. The Morgan fingerprint density at radius 2 is 2.19 bits per heavy atom. The monoisotopic (exact) mass is 292 g/mol. The van der Waals surface area contributed by atoms with Gasteiger partial charge in [0, 0.05) is 18.6 Å². The Balaban J connectivity index is 1.94. The van der Waals surface area contributed by atoms with Crippen LogP contribution in [0.1, 0.15) is 51.6 Å². The molecule has 1 aliphatic heterocycles. The molecule has 0 aromatic heterocycles. The van der Waals surface area contributed by atoms with Gasteiger partial charge in [0.05, 0.1) is 0 Å². The van der Waals surface area contributed by atoms with Gasteiger partial charge in [-0.3, -0.25) is 0 Å². The van der Waals surface area contributed by atoms with Gasteiger partial charge in [-0.15, -0.1) is 0 Å². The number of hydrogen-bond acceptors (Lipinski definition) is 2. The van der Waals surface area contributed by atoms with Gasteiger partial charge < -0.3 is 10.2 Å². The average Bonchev–Trinajstić information content (AvgIpc) is 2.45. The average molecular weight is 292 g/mol. The first-order chi connectivity index (χ1) is 10.1. The first-order valence-electron chi connectivity index (χ1n) is 8.33. The smallest absolute Gasteiger partial charge is 0.123 e. The number of nitrogens with one attached hydrogen (secondary N) is 1. The Hall–Kier alpha value is -0.930. The predicted octanol–water partition coefficient (Wildman–Crippen LogP) is 3.99. The van der Waals surface area contributed by atoms with Gasteiger partial charge in [-0.05, 0) is 62.9 Å². The fourth-order valence-electron chi connectivity index (χ4n) is 3.44. The van der Waals surface area contributed by atoms with E-state index in [-0.39, 0.29) is 11.9 Å². The van der Waals surface area contributed by atoms with Crippen LogP contribution in [0.5, 0.6) is 0 Å². The van der Waals surface area contributed by atoms with Crippen molar-refractivity contribution in [3.05, 3.63) is 35.6 Å². The van der Waals surface area contributed by atoms with E-state index in [4.69, 9.17) is 0 Å². The van der Waals surface area contributed by atoms with E-state index in [1.807, 2.05) is 6.07 Å². The van der Waals surface area contributed by atoms with Crippen LogP contribution in [0.4, 0.5) is 4.39 Å². The van der Waals surface area contributed by atoms with Crippen LogP contribution in [-0.2, 0) is 0 Å². The van der Waals surface area contributed by atoms with E-state index < -0.39 is 0 Å². The predicted molar refractivity (Wildman–Crippen MR) is 86.9 cm³/mol. The first-order valence-corrected chi connectivity index (χ1v) is 8.33. The van der Waals surface area contributed by atoms with Crippen molar-refractivity contribution in [1.82, 2.24) is 10.2 Å².